The number of hydrogen-bond acceptors (Lipinski definition) is 4. The van der Waals surface area contributed by atoms with Crippen molar-refractivity contribution in [3.05, 3.63) is 35.1 Å². The van der Waals surface area contributed by atoms with Crippen LogP contribution in [-0.2, 0) is 0 Å². The Hall–Kier alpha value is -2.35. The number of anilines is 1. The van der Waals surface area contributed by atoms with Gasteiger partial charge in [-0.05, 0) is 19.1 Å². The maximum absolute atomic E-state index is 12.3. The quantitative estimate of drug-likeness (QED) is 0.851. The Labute approximate surface area is 129 Å². The number of nitrogens with one attached hydrogen (secondary N) is 2. The molecule has 1 aromatic carbocycles. The molecule has 0 fully saturated rings. The molecule has 0 radical (unpaired) electrons. The number of nitrogens with zero attached hydrogens (tertiary/aromatic N) is 1. The van der Waals surface area contributed by atoms with Gasteiger partial charge in [0.05, 0.1) is 17.8 Å². The molecule has 6 nitrogen and oxygen atoms in total. The highest BCUT2D eigenvalue weighted by atomic mass is 35.5. The van der Waals surface area contributed by atoms with Crippen molar-refractivity contribution in [3.8, 4) is 11.5 Å². The normalized spacial score (nSPS) is 10.6. The molecule has 0 aliphatic heterocycles. The summed E-state index contributed by atoms with van der Waals surface area (Å²) in [5.41, 5.74) is 0.424. The first kappa shape index (κ1) is 16.0. The summed E-state index contributed by atoms with van der Waals surface area (Å²) in [6, 6.07) is 4.06. The van der Waals surface area contributed by atoms with Crippen molar-refractivity contribution >= 4 is 23.2 Å². The van der Waals surface area contributed by atoms with Crippen LogP contribution in [0.3, 0.4) is 0 Å². The van der Waals surface area contributed by atoms with Crippen molar-refractivity contribution in [2.45, 2.75) is 13.5 Å². The smallest absolute Gasteiger partial charge is 0.387 e. The van der Waals surface area contributed by atoms with E-state index in [1.807, 2.05) is 0 Å². The fourth-order valence-electron chi connectivity index (χ4n) is 1.67. The van der Waals surface area contributed by atoms with Crippen LogP contribution in [0.25, 0.3) is 0 Å². The summed E-state index contributed by atoms with van der Waals surface area (Å²) in [5, 5.41) is 8.80. The number of aromatic nitrogens is 2. The van der Waals surface area contributed by atoms with Crippen LogP contribution in [0, 0.1) is 0 Å². The standard InChI is InChI=1S/C13H12ClF2N3O3/c1-2-21-10-5-7(3-4-9(10)22-13(15)16)18-12(20)11-8(14)6-17-19-11/h3-6,13H,2H2,1H3,(H,17,19)(H,18,20). The average Bonchev–Trinajstić information content (AvgIpc) is 2.88. The van der Waals surface area contributed by atoms with Gasteiger partial charge in [0, 0.05) is 11.8 Å². The second kappa shape index (κ2) is 7.08. The van der Waals surface area contributed by atoms with Gasteiger partial charge in [-0.1, -0.05) is 11.6 Å². The Morgan fingerprint density at radius 1 is 1.45 bits per heavy atom. The minimum atomic E-state index is -2.97. The second-order valence-corrected chi connectivity index (χ2v) is 4.43. The zero-order valence-electron chi connectivity index (χ0n) is 11.4. The second-order valence-electron chi connectivity index (χ2n) is 4.02. The van der Waals surface area contributed by atoms with E-state index in [-0.39, 0.29) is 28.8 Å². The highest BCUT2D eigenvalue weighted by Crippen LogP contribution is 2.32. The molecule has 1 amide bonds. The number of carbonyl (C=O) groups is 1. The molecular formula is C13H12ClF2N3O3. The summed E-state index contributed by atoms with van der Waals surface area (Å²) in [4.78, 5) is 12.0. The molecule has 9 heteroatoms. The minimum absolute atomic E-state index is 0.0903. The number of H-pyrrole nitrogens is 1. The van der Waals surface area contributed by atoms with Crippen molar-refractivity contribution in [2.24, 2.45) is 0 Å². The molecule has 22 heavy (non-hydrogen) atoms. The van der Waals surface area contributed by atoms with E-state index in [0.717, 1.165) is 0 Å². The number of ether oxygens (including phenoxy) is 2. The molecule has 1 heterocycles. The topological polar surface area (TPSA) is 76.2 Å². The van der Waals surface area contributed by atoms with Gasteiger partial charge in [0.15, 0.2) is 11.5 Å². The number of alkyl halides is 2. The molecule has 0 bridgehead atoms. The molecule has 0 saturated carbocycles. The summed E-state index contributed by atoms with van der Waals surface area (Å²) in [6.07, 6.45) is 1.29. The van der Waals surface area contributed by atoms with E-state index in [1.54, 1.807) is 6.92 Å². The van der Waals surface area contributed by atoms with E-state index in [2.05, 4.69) is 20.3 Å². The monoisotopic (exact) mass is 331 g/mol. The van der Waals surface area contributed by atoms with E-state index in [0.29, 0.717) is 5.69 Å². The molecule has 0 unspecified atom stereocenters. The molecule has 0 aliphatic rings. The maximum atomic E-state index is 12.3. The van der Waals surface area contributed by atoms with Gasteiger partial charge in [-0.25, -0.2) is 0 Å². The number of aromatic amines is 1. The van der Waals surface area contributed by atoms with Crippen LogP contribution < -0.4 is 14.8 Å². The fraction of sp³-hybridized carbons (Fsp3) is 0.231. The largest absolute Gasteiger partial charge is 0.490 e. The van der Waals surface area contributed by atoms with Gasteiger partial charge in [-0.15, -0.1) is 0 Å². The first-order valence-electron chi connectivity index (χ1n) is 6.23. The third-order valence-electron chi connectivity index (χ3n) is 2.54. The van der Waals surface area contributed by atoms with Crippen molar-refractivity contribution in [3.63, 3.8) is 0 Å². The molecule has 2 aromatic rings. The summed E-state index contributed by atoms with van der Waals surface area (Å²) in [7, 11) is 0. The van der Waals surface area contributed by atoms with Gasteiger partial charge >= 0.3 is 6.61 Å². The number of carbonyl (C=O) groups excluding carboxylic acids is 1. The lowest BCUT2D eigenvalue weighted by molar-refractivity contribution is -0.0514. The first-order valence-corrected chi connectivity index (χ1v) is 6.61. The predicted molar refractivity (Wildman–Crippen MR) is 75.8 cm³/mol. The first-order chi connectivity index (χ1) is 10.5. The highest BCUT2D eigenvalue weighted by molar-refractivity contribution is 6.34. The third kappa shape index (κ3) is 3.85. The number of halogens is 3. The molecule has 2 rings (SSSR count). The van der Waals surface area contributed by atoms with E-state index >= 15 is 0 Å². The maximum Gasteiger partial charge on any atom is 0.387 e. The summed E-state index contributed by atoms with van der Waals surface area (Å²) < 4.78 is 34.2. The van der Waals surface area contributed by atoms with Crippen LogP contribution >= 0.6 is 11.6 Å². The van der Waals surface area contributed by atoms with Crippen LogP contribution in [-0.4, -0.2) is 29.3 Å². The predicted octanol–water partition coefficient (Wildman–Crippen LogP) is 3.32. The zero-order valence-corrected chi connectivity index (χ0v) is 12.2. The lowest BCUT2D eigenvalue weighted by Crippen LogP contribution is -2.13. The van der Waals surface area contributed by atoms with Gasteiger partial charge in [-0.3, -0.25) is 9.89 Å². The Balaban J connectivity index is 2.19. The van der Waals surface area contributed by atoms with Gasteiger partial charge in [0.2, 0.25) is 0 Å². The van der Waals surface area contributed by atoms with Crippen LogP contribution in [0.1, 0.15) is 17.4 Å². The lowest BCUT2D eigenvalue weighted by atomic mass is 10.2. The molecular weight excluding hydrogens is 320 g/mol. The van der Waals surface area contributed by atoms with Crippen LogP contribution in [0.5, 0.6) is 11.5 Å². The number of hydrogen-bond donors (Lipinski definition) is 2. The van der Waals surface area contributed by atoms with Gasteiger partial charge in [-0.2, -0.15) is 13.9 Å². The Bertz CT molecular complexity index is 664. The molecule has 0 saturated heterocycles. The molecule has 2 N–H and O–H groups in total. The van der Waals surface area contributed by atoms with E-state index in [1.165, 1.54) is 24.4 Å². The summed E-state index contributed by atoms with van der Waals surface area (Å²) in [5.74, 6) is -0.543. The van der Waals surface area contributed by atoms with Crippen LogP contribution in [0.4, 0.5) is 14.5 Å². The minimum Gasteiger partial charge on any atom is -0.490 e. The summed E-state index contributed by atoms with van der Waals surface area (Å²) >= 11 is 5.78. The number of benzene rings is 1. The van der Waals surface area contributed by atoms with Crippen LogP contribution in [0.2, 0.25) is 5.02 Å². The SMILES string of the molecule is CCOc1cc(NC(=O)c2[nH]ncc2Cl)ccc1OC(F)F. The van der Waals surface area contributed by atoms with Gasteiger partial charge in [0.25, 0.3) is 5.91 Å². The summed E-state index contributed by atoms with van der Waals surface area (Å²) in [6.45, 7) is -1.02. The Morgan fingerprint density at radius 3 is 2.82 bits per heavy atom. The molecule has 118 valence electrons. The molecule has 0 aliphatic carbocycles. The van der Waals surface area contributed by atoms with Gasteiger partial charge < -0.3 is 14.8 Å². The van der Waals surface area contributed by atoms with Gasteiger partial charge in [0.1, 0.15) is 5.69 Å². The van der Waals surface area contributed by atoms with Crippen molar-refractivity contribution in [1.29, 1.82) is 0 Å². The van der Waals surface area contributed by atoms with Crippen molar-refractivity contribution in [2.75, 3.05) is 11.9 Å². The number of rotatable bonds is 6. The Morgan fingerprint density at radius 2 is 2.23 bits per heavy atom. The highest BCUT2D eigenvalue weighted by Gasteiger charge is 2.15. The zero-order chi connectivity index (χ0) is 16.1. The third-order valence-corrected chi connectivity index (χ3v) is 2.82. The average molecular weight is 332 g/mol. The fourth-order valence-corrected chi connectivity index (χ4v) is 1.85. The van der Waals surface area contributed by atoms with E-state index < -0.39 is 12.5 Å². The van der Waals surface area contributed by atoms with Crippen LogP contribution in [0.15, 0.2) is 24.4 Å². The van der Waals surface area contributed by atoms with E-state index in [9.17, 15) is 13.6 Å². The molecule has 0 atom stereocenters. The lowest BCUT2D eigenvalue weighted by Gasteiger charge is -2.13. The van der Waals surface area contributed by atoms with Crippen molar-refractivity contribution < 1.29 is 23.0 Å². The Kier molecular flexibility index (Phi) is 5.16. The number of amides is 1. The van der Waals surface area contributed by atoms with Crippen molar-refractivity contribution in [1.82, 2.24) is 10.2 Å². The molecule has 0 spiro atoms. The van der Waals surface area contributed by atoms with E-state index in [4.69, 9.17) is 16.3 Å². The molecule has 1 aromatic heterocycles.